The highest BCUT2D eigenvalue weighted by molar-refractivity contribution is 7.92. The van der Waals surface area contributed by atoms with Crippen molar-refractivity contribution in [1.82, 2.24) is 4.72 Å². The van der Waals surface area contributed by atoms with E-state index in [1.807, 2.05) is 0 Å². The van der Waals surface area contributed by atoms with E-state index in [1.165, 1.54) is 25.3 Å². The normalized spacial score (nSPS) is 21.3. The molecule has 1 unspecified atom stereocenters. The molecule has 118 valence electrons. The van der Waals surface area contributed by atoms with Gasteiger partial charge in [0, 0.05) is 12.6 Å². The third-order valence-electron chi connectivity index (χ3n) is 3.48. The number of hydrogen-bond acceptors (Lipinski definition) is 6. The van der Waals surface area contributed by atoms with Crippen LogP contribution in [0.2, 0.25) is 0 Å². The molecule has 1 fully saturated rings. The Kier molecular flexibility index (Phi) is 4.45. The van der Waals surface area contributed by atoms with Crippen molar-refractivity contribution in [2.45, 2.75) is 23.0 Å². The third-order valence-corrected chi connectivity index (χ3v) is 7.18. The van der Waals surface area contributed by atoms with Crippen LogP contribution in [0, 0.1) is 0 Å². The van der Waals surface area contributed by atoms with Crippen LogP contribution in [0.5, 0.6) is 5.75 Å². The molecule has 0 bridgehead atoms. The first kappa shape index (κ1) is 16.1. The molecular formula is C12H18N2O5S2. The summed E-state index contributed by atoms with van der Waals surface area (Å²) in [6.07, 6.45) is 1.06. The number of benzene rings is 1. The maximum absolute atomic E-state index is 12.2. The summed E-state index contributed by atoms with van der Waals surface area (Å²) in [5, 5.41) is -0.650. The zero-order chi connectivity index (χ0) is 15.7. The van der Waals surface area contributed by atoms with Gasteiger partial charge in [0.1, 0.15) is 5.75 Å². The van der Waals surface area contributed by atoms with Gasteiger partial charge in [0.05, 0.1) is 28.7 Å². The molecule has 0 spiro atoms. The summed E-state index contributed by atoms with van der Waals surface area (Å²) in [4.78, 5) is -0.0102. The lowest BCUT2D eigenvalue weighted by Crippen LogP contribution is -2.34. The number of sulfonamides is 1. The minimum absolute atomic E-state index is 0.0102. The molecule has 0 saturated carbocycles. The van der Waals surface area contributed by atoms with E-state index < -0.39 is 25.1 Å². The van der Waals surface area contributed by atoms with Gasteiger partial charge < -0.3 is 10.5 Å². The minimum Gasteiger partial charge on any atom is -0.495 e. The van der Waals surface area contributed by atoms with Crippen molar-refractivity contribution in [3.05, 3.63) is 18.2 Å². The first-order valence-corrected chi connectivity index (χ1v) is 9.61. The van der Waals surface area contributed by atoms with Crippen LogP contribution in [0.25, 0.3) is 0 Å². The van der Waals surface area contributed by atoms with Crippen molar-refractivity contribution in [3.63, 3.8) is 0 Å². The van der Waals surface area contributed by atoms with Crippen LogP contribution in [0.4, 0.5) is 5.69 Å². The van der Waals surface area contributed by atoms with Crippen molar-refractivity contribution in [3.8, 4) is 5.75 Å². The largest absolute Gasteiger partial charge is 0.495 e. The quantitative estimate of drug-likeness (QED) is 0.740. The molecule has 0 aromatic heterocycles. The van der Waals surface area contributed by atoms with Gasteiger partial charge in [-0.1, -0.05) is 0 Å². The van der Waals surface area contributed by atoms with E-state index in [1.54, 1.807) is 0 Å². The predicted octanol–water partition coefficient (Wildman–Crippen LogP) is 0.133. The first-order valence-electron chi connectivity index (χ1n) is 6.41. The second-order valence-electron chi connectivity index (χ2n) is 4.89. The van der Waals surface area contributed by atoms with E-state index in [2.05, 4.69) is 4.72 Å². The Morgan fingerprint density at radius 3 is 2.71 bits per heavy atom. The number of nitrogens with one attached hydrogen (secondary N) is 1. The zero-order valence-electron chi connectivity index (χ0n) is 11.6. The van der Waals surface area contributed by atoms with Gasteiger partial charge in [-0.25, -0.2) is 21.6 Å². The zero-order valence-corrected chi connectivity index (χ0v) is 13.2. The van der Waals surface area contributed by atoms with E-state index >= 15 is 0 Å². The van der Waals surface area contributed by atoms with Crippen molar-refractivity contribution < 1.29 is 21.6 Å². The van der Waals surface area contributed by atoms with Gasteiger partial charge in [-0.15, -0.1) is 0 Å². The van der Waals surface area contributed by atoms with Gasteiger partial charge in [0.25, 0.3) is 0 Å². The Bertz CT molecular complexity index is 728. The summed E-state index contributed by atoms with van der Waals surface area (Å²) in [7, 11) is -5.59. The highest BCUT2D eigenvalue weighted by Gasteiger charge is 2.32. The second-order valence-corrected chi connectivity index (χ2v) is 9.05. The second kappa shape index (κ2) is 5.82. The molecule has 2 rings (SSSR count). The monoisotopic (exact) mass is 334 g/mol. The van der Waals surface area contributed by atoms with Crippen LogP contribution in [-0.4, -0.2) is 41.5 Å². The third kappa shape index (κ3) is 3.47. The standard InChI is InChI=1S/C12H18N2O5S2/c1-19-12-7-9(4-5-11(12)13)21(17,18)14-8-10-3-2-6-20(10,15)16/h4-5,7,10,14H,2-3,6,8,13H2,1H3. The molecule has 9 heteroatoms. The van der Waals surface area contributed by atoms with E-state index in [0.29, 0.717) is 18.5 Å². The van der Waals surface area contributed by atoms with Crippen molar-refractivity contribution >= 4 is 25.5 Å². The highest BCUT2D eigenvalue weighted by atomic mass is 32.2. The van der Waals surface area contributed by atoms with Crippen LogP contribution < -0.4 is 15.2 Å². The molecule has 0 radical (unpaired) electrons. The Morgan fingerprint density at radius 2 is 2.14 bits per heavy atom. The van der Waals surface area contributed by atoms with E-state index in [4.69, 9.17) is 10.5 Å². The molecule has 1 aliphatic rings. The summed E-state index contributed by atoms with van der Waals surface area (Å²) in [5.41, 5.74) is 5.96. The lowest BCUT2D eigenvalue weighted by molar-refractivity contribution is 0.415. The average Bonchev–Trinajstić information content (AvgIpc) is 2.76. The van der Waals surface area contributed by atoms with Crippen LogP contribution in [0.1, 0.15) is 12.8 Å². The van der Waals surface area contributed by atoms with Gasteiger partial charge in [0.2, 0.25) is 10.0 Å². The maximum atomic E-state index is 12.2. The summed E-state index contributed by atoms with van der Waals surface area (Å²) < 4.78 is 55.1. The summed E-state index contributed by atoms with van der Waals surface area (Å²) >= 11 is 0. The molecule has 1 aromatic carbocycles. The Hall–Kier alpha value is -1.32. The van der Waals surface area contributed by atoms with E-state index in [-0.39, 0.29) is 22.9 Å². The summed E-state index contributed by atoms with van der Waals surface area (Å²) in [5.74, 6) is 0.376. The molecule has 1 aromatic rings. The van der Waals surface area contributed by atoms with Crippen molar-refractivity contribution in [1.29, 1.82) is 0 Å². The Balaban J connectivity index is 2.15. The molecule has 1 aliphatic heterocycles. The summed E-state index contributed by atoms with van der Waals surface area (Å²) in [6, 6.07) is 4.09. The maximum Gasteiger partial charge on any atom is 0.240 e. The van der Waals surface area contributed by atoms with E-state index in [0.717, 1.165) is 0 Å². The number of ether oxygens (including phenoxy) is 1. The molecule has 0 amide bonds. The van der Waals surface area contributed by atoms with Crippen LogP contribution >= 0.6 is 0 Å². The Morgan fingerprint density at radius 1 is 1.43 bits per heavy atom. The minimum atomic E-state index is -3.80. The van der Waals surface area contributed by atoms with Gasteiger partial charge >= 0.3 is 0 Å². The highest BCUT2D eigenvalue weighted by Crippen LogP contribution is 2.25. The number of hydrogen-bond donors (Lipinski definition) is 2. The number of sulfone groups is 1. The number of nitrogens with two attached hydrogens (primary N) is 1. The average molecular weight is 334 g/mol. The van der Waals surface area contributed by atoms with Gasteiger partial charge in [-0.3, -0.25) is 0 Å². The first-order chi connectivity index (χ1) is 9.76. The lowest BCUT2D eigenvalue weighted by Gasteiger charge is -2.12. The topological polar surface area (TPSA) is 116 Å². The molecule has 1 atom stereocenters. The van der Waals surface area contributed by atoms with Crippen LogP contribution in [0.15, 0.2) is 23.1 Å². The van der Waals surface area contributed by atoms with Crippen LogP contribution in [-0.2, 0) is 19.9 Å². The predicted molar refractivity (Wildman–Crippen MR) is 79.4 cm³/mol. The number of nitrogen functional groups attached to an aromatic ring is 1. The van der Waals surface area contributed by atoms with Gasteiger partial charge in [-0.05, 0) is 25.0 Å². The van der Waals surface area contributed by atoms with Gasteiger partial charge in [0.15, 0.2) is 9.84 Å². The fourth-order valence-corrected chi connectivity index (χ4v) is 5.20. The van der Waals surface area contributed by atoms with Crippen molar-refractivity contribution in [2.75, 3.05) is 25.1 Å². The molecule has 1 saturated heterocycles. The molecule has 1 heterocycles. The molecule has 0 aliphatic carbocycles. The number of methoxy groups -OCH3 is 1. The number of rotatable bonds is 5. The molecule has 21 heavy (non-hydrogen) atoms. The SMILES string of the molecule is COc1cc(S(=O)(=O)NCC2CCCS2(=O)=O)ccc1N. The fraction of sp³-hybridized carbons (Fsp3) is 0.500. The van der Waals surface area contributed by atoms with E-state index in [9.17, 15) is 16.8 Å². The fourth-order valence-electron chi connectivity index (χ4n) is 2.23. The lowest BCUT2D eigenvalue weighted by atomic mass is 10.2. The Labute approximate surface area is 124 Å². The van der Waals surface area contributed by atoms with Crippen LogP contribution in [0.3, 0.4) is 0 Å². The van der Waals surface area contributed by atoms with Crippen molar-refractivity contribution in [2.24, 2.45) is 0 Å². The smallest absolute Gasteiger partial charge is 0.240 e. The summed E-state index contributed by atoms with van der Waals surface area (Å²) in [6.45, 7) is -0.114. The van der Waals surface area contributed by atoms with Gasteiger partial charge in [-0.2, -0.15) is 0 Å². The molecule has 3 N–H and O–H groups in total. The molecular weight excluding hydrogens is 316 g/mol. The number of anilines is 1. The molecule has 7 nitrogen and oxygen atoms in total.